The molecule has 0 aliphatic heterocycles. The number of carbonyl (C=O) groups excluding carboxylic acids is 1. The molecule has 4 heteroatoms. The molecule has 1 amide bonds. The second kappa shape index (κ2) is 3.04. The minimum atomic E-state index is -1.38. The van der Waals surface area contributed by atoms with E-state index in [9.17, 15) is 9.18 Å². The van der Waals surface area contributed by atoms with Gasteiger partial charge in [0.25, 0.3) is 5.91 Å². The molecule has 2 rings (SSSR count). The van der Waals surface area contributed by atoms with Crippen molar-refractivity contribution < 1.29 is 9.18 Å². The van der Waals surface area contributed by atoms with Crippen LogP contribution in [0.1, 0.15) is 35.3 Å². The molecule has 0 atom stereocenters. The lowest BCUT2D eigenvalue weighted by molar-refractivity contribution is 0.0584. The number of pyridine rings is 1. The Morgan fingerprint density at radius 1 is 1.57 bits per heavy atom. The minimum Gasteiger partial charge on any atom is -0.364 e. The van der Waals surface area contributed by atoms with Gasteiger partial charge in [0, 0.05) is 11.8 Å². The molecule has 0 bridgehead atoms. The van der Waals surface area contributed by atoms with E-state index in [1.54, 1.807) is 12.1 Å². The van der Waals surface area contributed by atoms with Gasteiger partial charge in [0.1, 0.15) is 11.4 Å². The molecule has 0 spiro atoms. The molecule has 1 aliphatic carbocycles. The SMILES string of the molecule is NC(=O)c1ncccc1C1(F)CCC1. The van der Waals surface area contributed by atoms with E-state index >= 15 is 0 Å². The highest BCUT2D eigenvalue weighted by atomic mass is 19.1. The second-order valence-electron chi connectivity index (χ2n) is 3.58. The number of halogens is 1. The summed E-state index contributed by atoms with van der Waals surface area (Å²) in [6.45, 7) is 0. The lowest BCUT2D eigenvalue weighted by Gasteiger charge is -2.34. The topological polar surface area (TPSA) is 56.0 Å². The first kappa shape index (κ1) is 9.12. The van der Waals surface area contributed by atoms with Crippen LogP contribution in [-0.4, -0.2) is 10.9 Å². The Morgan fingerprint density at radius 3 is 2.79 bits per heavy atom. The Bertz CT molecular complexity index is 374. The number of primary amides is 1. The Balaban J connectivity index is 2.46. The molecule has 1 heterocycles. The number of carbonyl (C=O) groups is 1. The van der Waals surface area contributed by atoms with Crippen LogP contribution in [0.3, 0.4) is 0 Å². The number of alkyl halides is 1. The first-order chi connectivity index (χ1) is 6.63. The van der Waals surface area contributed by atoms with Gasteiger partial charge in [-0.05, 0) is 25.3 Å². The number of hydrogen-bond donors (Lipinski definition) is 1. The molecule has 14 heavy (non-hydrogen) atoms. The molecule has 0 radical (unpaired) electrons. The van der Waals surface area contributed by atoms with E-state index < -0.39 is 11.6 Å². The first-order valence-corrected chi connectivity index (χ1v) is 4.58. The molecule has 0 aromatic carbocycles. The van der Waals surface area contributed by atoms with Crippen LogP contribution in [0.4, 0.5) is 4.39 Å². The van der Waals surface area contributed by atoms with Gasteiger partial charge in [0.15, 0.2) is 0 Å². The van der Waals surface area contributed by atoms with Crippen LogP contribution in [0.15, 0.2) is 18.3 Å². The molecule has 0 saturated heterocycles. The maximum absolute atomic E-state index is 14.0. The number of aromatic nitrogens is 1. The molecule has 1 aromatic heterocycles. The third-order valence-corrected chi connectivity index (χ3v) is 2.67. The summed E-state index contributed by atoms with van der Waals surface area (Å²) in [5, 5.41) is 0. The maximum atomic E-state index is 14.0. The van der Waals surface area contributed by atoms with Crippen LogP contribution >= 0.6 is 0 Å². The summed E-state index contributed by atoms with van der Waals surface area (Å²) in [6.07, 6.45) is 3.22. The summed E-state index contributed by atoms with van der Waals surface area (Å²) >= 11 is 0. The van der Waals surface area contributed by atoms with E-state index in [0.29, 0.717) is 18.4 Å². The largest absolute Gasteiger partial charge is 0.364 e. The fraction of sp³-hybridized carbons (Fsp3) is 0.400. The van der Waals surface area contributed by atoms with E-state index in [0.717, 1.165) is 6.42 Å². The zero-order valence-electron chi connectivity index (χ0n) is 7.66. The number of amides is 1. The third kappa shape index (κ3) is 1.27. The van der Waals surface area contributed by atoms with E-state index in [-0.39, 0.29) is 5.69 Å². The molecule has 1 aromatic rings. The fourth-order valence-corrected chi connectivity index (χ4v) is 1.72. The van der Waals surface area contributed by atoms with Gasteiger partial charge < -0.3 is 5.73 Å². The van der Waals surface area contributed by atoms with Crippen LogP contribution in [0.5, 0.6) is 0 Å². The predicted octanol–water partition coefficient (Wildman–Crippen LogP) is 1.53. The van der Waals surface area contributed by atoms with Gasteiger partial charge >= 0.3 is 0 Å². The van der Waals surface area contributed by atoms with E-state index in [2.05, 4.69) is 4.98 Å². The summed E-state index contributed by atoms with van der Waals surface area (Å²) in [6, 6.07) is 3.22. The summed E-state index contributed by atoms with van der Waals surface area (Å²) in [7, 11) is 0. The van der Waals surface area contributed by atoms with Crippen molar-refractivity contribution in [2.75, 3.05) is 0 Å². The van der Waals surface area contributed by atoms with Crippen molar-refractivity contribution in [3.63, 3.8) is 0 Å². The van der Waals surface area contributed by atoms with Crippen LogP contribution in [0, 0.1) is 0 Å². The predicted molar refractivity (Wildman–Crippen MR) is 49.4 cm³/mol. The highest BCUT2D eigenvalue weighted by molar-refractivity contribution is 5.92. The van der Waals surface area contributed by atoms with Crippen LogP contribution in [0.25, 0.3) is 0 Å². The Morgan fingerprint density at radius 2 is 2.29 bits per heavy atom. The Labute approximate surface area is 81.1 Å². The Kier molecular flexibility index (Phi) is 1.98. The molecule has 1 saturated carbocycles. The van der Waals surface area contributed by atoms with Gasteiger partial charge in [-0.2, -0.15) is 0 Å². The summed E-state index contributed by atoms with van der Waals surface area (Å²) in [5.74, 6) is -0.662. The number of nitrogens with two attached hydrogens (primary N) is 1. The lowest BCUT2D eigenvalue weighted by atomic mass is 9.76. The van der Waals surface area contributed by atoms with Gasteiger partial charge in [-0.15, -0.1) is 0 Å². The normalized spacial score (nSPS) is 18.6. The van der Waals surface area contributed by atoms with Gasteiger partial charge in [0.2, 0.25) is 0 Å². The quantitative estimate of drug-likeness (QED) is 0.776. The molecule has 0 unspecified atom stereocenters. The van der Waals surface area contributed by atoms with Crippen molar-refractivity contribution in [1.82, 2.24) is 4.98 Å². The van der Waals surface area contributed by atoms with Crippen molar-refractivity contribution in [3.8, 4) is 0 Å². The molecule has 2 N–H and O–H groups in total. The van der Waals surface area contributed by atoms with Crippen molar-refractivity contribution in [2.45, 2.75) is 24.9 Å². The van der Waals surface area contributed by atoms with Crippen molar-refractivity contribution in [3.05, 3.63) is 29.6 Å². The third-order valence-electron chi connectivity index (χ3n) is 2.67. The second-order valence-corrected chi connectivity index (χ2v) is 3.58. The highest BCUT2D eigenvalue weighted by Crippen LogP contribution is 2.45. The summed E-state index contributed by atoms with van der Waals surface area (Å²) in [5.41, 5.74) is 4.16. The van der Waals surface area contributed by atoms with Crippen LogP contribution in [-0.2, 0) is 5.67 Å². The summed E-state index contributed by atoms with van der Waals surface area (Å²) < 4.78 is 14.0. The highest BCUT2D eigenvalue weighted by Gasteiger charge is 2.41. The zero-order chi connectivity index (χ0) is 10.2. The van der Waals surface area contributed by atoms with E-state index in [1.807, 2.05) is 0 Å². The average Bonchev–Trinajstić information content (AvgIpc) is 2.14. The fourth-order valence-electron chi connectivity index (χ4n) is 1.72. The van der Waals surface area contributed by atoms with Crippen molar-refractivity contribution in [2.24, 2.45) is 5.73 Å². The number of hydrogen-bond acceptors (Lipinski definition) is 2. The number of nitrogens with zero attached hydrogens (tertiary/aromatic N) is 1. The Hall–Kier alpha value is -1.45. The molecule has 1 fully saturated rings. The summed E-state index contributed by atoms with van der Waals surface area (Å²) in [4.78, 5) is 14.8. The molecule has 1 aliphatic rings. The van der Waals surface area contributed by atoms with Crippen molar-refractivity contribution in [1.29, 1.82) is 0 Å². The van der Waals surface area contributed by atoms with E-state index in [4.69, 9.17) is 5.73 Å². The number of rotatable bonds is 2. The molecule has 74 valence electrons. The lowest BCUT2D eigenvalue weighted by Crippen LogP contribution is -2.32. The molecule has 3 nitrogen and oxygen atoms in total. The van der Waals surface area contributed by atoms with Crippen molar-refractivity contribution >= 4 is 5.91 Å². The first-order valence-electron chi connectivity index (χ1n) is 4.58. The average molecular weight is 194 g/mol. The van der Waals surface area contributed by atoms with Crippen LogP contribution < -0.4 is 5.73 Å². The van der Waals surface area contributed by atoms with E-state index in [1.165, 1.54) is 6.20 Å². The zero-order valence-corrected chi connectivity index (χ0v) is 7.66. The van der Waals surface area contributed by atoms with Crippen LogP contribution in [0.2, 0.25) is 0 Å². The molecular formula is C10H11FN2O. The van der Waals surface area contributed by atoms with Gasteiger partial charge in [-0.25, -0.2) is 4.39 Å². The monoisotopic (exact) mass is 194 g/mol. The standard InChI is InChI=1S/C10H11FN2O/c11-10(4-2-5-10)7-3-1-6-13-8(7)9(12)14/h1,3,6H,2,4-5H2,(H2,12,14). The van der Waals surface area contributed by atoms with Gasteiger partial charge in [-0.3, -0.25) is 9.78 Å². The van der Waals surface area contributed by atoms with Gasteiger partial charge in [0.05, 0.1) is 0 Å². The molecular weight excluding hydrogens is 183 g/mol. The maximum Gasteiger partial charge on any atom is 0.267 e. The minimum absolute atomic E-state index is 0.0645. The van der Waals surface area contributed by atoms with Gasteiger partial charge in [-0.1, -0.05) is 6.07 Å². The smallest absolute Gasteiger partial charge is 0.267 e.